The van der Waals surface area contributed by atoms with Gasteiger partial charge in [-0.15, -0.1) is 11.3 Å². The molecule has 1 aliphatic rings. The van der Waals surface area contributed by atoms with Crippen LogP contribution in [0.15, 0.2) is 34.5 Å². The van der Waals surface area contributed by atoms with Gasteiger partial charge >= 0.3 is 0 Å². The second kappa shape index (κ2) is 5.63. The van der Waals surface area contributed by atoms with Gasteiger partial charge in [-0.3, -0.25) is 13.9 Å². The molecule has 23 heavy (non-hydrogen) atoms. The predicted molar refractivity (Wildman–Crippen MR) is 88.9 cm³/mol. The van der Waals surface area contributed by atoms with Crippen molar-refractivity contribution in [3.8, 4) is 0 Å². The molecule has 1 aromatic heterocycles. The van der Waals surface area contributed by atoms with Gasteiger partial charge in [0.05, 0.1) is 16.3 Å². The zero-order valence-corrected chi connectivity index (χ0v) is 14.2. The van der Waals surface area contributed by atoms with Gasteiger partial charge in [-0.25, -0.2) is 8.42 Å². The monoisotopic (exact) mass is 370 g/mol. The van der Waals surface area contributed by atoms with Crippen molar-refractivity contribution in [2.24, 2.45) is 0 Å². The third-order valence-corrected chi connectivity index (χ3v) is 6.64. The number of aldehydes is 1. The van der Waals surface area contributed by atoms with Crippen molar-refractivity contribution in [1.82, 2.24) is 0 Å². The van der Waals surface area contributed by atoms with E-state index in [1.807, 2.05) is 0 Å². The summed E-state index contributed by atoms with van der Waals surface area (Å²) in [7, 11) is -4.06. The van der Waals surface area contributed by atoms with Crippen LogP contribution in [0.4, 0.5) is 11.4 Å². The first-order valence-electron chi connectivity index (χ1n) is 6.54. The van der Waals surface area contributed by atoms with Gasteiger partial charge in [-0.05, 0) is 36.6 Å². The molecule has 2 heterocycles. The minimum Gasteiger partial charge on any atom is -0.322 e. The van der Waals surface area contributed by atoms with Gasteiger partial charge in [0.25, 0.3) is 10.0 Å². The maximum atomic E-state index is 13.0. The number of anilines is 2. The highest BCUT2D eigenvalue weighted by Gasteiger charge is 2.39. The van der Waals surface area contributed by atoms with E-state index in [9.17, 15) is 18.0 Å². The van der Waals surface area contributed by atoms with Gasteiger partial charge in [0, 0.05) is 5.02 Å². The lowest BCUT2D eigenvalue weighted by molar-refractivity contribution is -0.117. The molecule has 2 aromatic rings. The third-order valence-electron chi connectivity index (χ3n) is 3.49. The van der Waals surface area contributed by atoms with E-state index >= 15 is 0 Å². The highest BCUT2D eigenvalue weighted by atomic mass is 35.5. The number of hydrogen-bond donors (Lipinski definition) is 1. The van der Waals surface area contributed by atoms with Crippen LogP contribution >= 0.6 is 22.9 Å². The fraction of sp³-hybridized carbons (Fsp3) is 0.143. The summed E-state index contributed by atoms with van der Waals surface area (Å²) in [6.07, 6.45) is 0.495. The van der Waals surface area contributed by atoms with Gasteiger partial charge in [-0.2, -0.15) is 0 Å². The minimum absolute atomic E-state index is 0.0960. The molecule has 0 bridgehead atoms. The quantitative estimate of drug-likeness (QED) is 0.842. The second-order valence-electron chi connectivity index (χ2n) is 4.89. The Labute approximate surface area is 141 Å². The Morgan fingerprint density at radius 2 is 2.09 bits per heavy atom. The molecule has 1 N–H and O–H groups in total. The van der Waals surface area contributed by atoms with Crippen LogP contribution in [0.2, 0.25) is 5.02 Å². The number of fused-ring (bicyclic) bond motifs is 1. The zero-order valence-electron chi connectivity index (χ0n) is 11.8. The van der Waals surface area contributed by atoms with Crippen LogP contribution < -0.4 is 9.62 Å². The Bertz CT molecular complexity index is 907. The molecule has 3 rings (SSSR count). The molecular formula is C14H11ClN2O4S2. The SMILES string of the molecule is CC1C(=O)Nc2cc(Cl)ccc2N1S(=O)(=O)c1ccsc1C=O. The molecular weight excluding hydrogens is 360 g/mol. The van der Waals surface area contributed by atoms with Crippen LogP contribution in [0, 0.1) is 0 Å². The lowest BCUT2D eigenvalue weighted by Crippen LogP contribution is -2.49. The molecule has 9 heteroatoms. The van der Waals surface area contributed by atoms with E-state index in [-0.39, 0.29) is 9.77 Å². The normalized spacial score (nSPS) is 17.6. The first-order valence-corrected chi connectivity index (χ1v) is 9.23. The Morgan fingerprint density at radius 3 is 2.78 bits per heavy atom. The number of carbonyl (C=O) groups excluding carboxylic acids is 2. The number of halogens is 1. The van der Waals surface area contributed by atoms with Crippen molar-refractivity contribution in [2.45, 2.75) is 17.9 Å². The minimum atomic E-state index is -4.06. The molecule has 1 unspecified atom stereocenters. The van der Waals surface area contributed by atoms with E-state index in [1.54, 1.807) is 6.07 Å². The van der Waals surface area contributed by atoms with Crippen LogP contribution in [0.3, 0.4) is 0 Å². The molecule has 1 atom stereocenters. The summed E-state index contributed by atoms with van der Waals surface area (Å²) in [5, 5.41) is 4.53. The van der Waals surface area contributed by atoms with Crippen LogP contribution in [-0.4, -0.2) is 26.7 Å². The first-order chi connectivity index (χ1) is 10.9. The maximum Gasteiger partial charge on any atom is 0.266 e. The van der Waals surface area contributed by atoms with Crippen molar-refractivity contribution in [1.29, 1.82) is 0 Å². The second-order valence-corrected chi connectivity index (χ2v) is 8.06. The highest BCUT2D eigenvalue weighted by molar-refractivity contribution is 7.93. The van der Waals surface area contributed by atoms with Crippen molar-refractivity contribution >= 4 is 56.5 Å². The topological polar surface area (TPSA) is 83.6 Å². The van der Waals surface area contributed by atoms with Gasteiger partial charge in [0.2, 0.25) is 5.91 Å². The van der Waals surface area contributed by atoms with E-state index < -0.39 is 22.0 Å². The predicted octanol–water partition coefficient (Wildman–Crippen LogP) is 2.75. The van der Waals surface area contributed by atoms with Crippen LogP contribution in [0.5, 0.6) is 0 Å². The highest BCUT2D eigenvalue weighted by Crippen LogP contribution is 2.38. The fourth-order valence-electron chi connectivity index (χ4n) is 2.40. The van der Waals surface area contributed by atoms with E-state index in [4.69, 9.17) is 11.6 Å². The lowest BCUT2D eigenvalue weighted by atomic mass is 10.1. The average molecular weight is 371 g/mol. The molecule has 0 fully saturated rings. The Kier molecular flexibility index (Phi) is 3.91. The number of thiophene rings is 1. The molecule has 120 valence electrons. The number of amides is 1. The third kappa shape index (κ3) is 2.52. The summed E-state index contributed by atoms with van der Waals surface area (Å²) in [6, 6.07) is 4.96. The molecule has 0 saturated carbocycles. The fourth-order valence-corrected chi connectivity index (χ4v) is 5.40. The van der Waals surface area contributed by atoms with Gasteiger partial charge < -0.3 is 5.32 Å². The molecule has 0 radical (unpaired) electrons. The summed E-state index contributed by atoms with van der Waals surface area (Å²) < 4.78 is 27.0. The Balaban J connectivity index is 2.22. The lowest BCUT2D eigenvalue weighted by Gasteiger charge is -2.35. The molecule has 6 nitrogen and oxygen atoms in total. The standard InChI is InChI=1S/C14H11ClN2O4S2/c1-8-14(19)16-10-6-9(15)2-3-11(10)17(8)23(20,21)13-4-5-22-12(13)7-18/h2-8H,1H3,(H,16,19). The van der Waals surface area contributed by atoms with Crippen molar-refractivity contribution < 1.29 is 18.0 Å². The maximum absolute atomic E-state index is 13.0. The number of rotatable bonds is 3. The zero-order chi connectivity index (χ0) is 16.8. The molecule has 0 aliphatic carbocycles. The van der Waals surface area contributed by atoms with Crippen LogP contribution in [0.1, 0.15) is 16.6 Å². The molecule has 1 aliphatic heterocycles. The number of benzene rings is 1. The van der Waals surface area contributed by atoms with E-state index in [2.05, 4.69) is 5.32 Å². The van der Waals surface area contributed by atoms with Crippen molar-refractivity contribution in [2.75, 3.05) is 9.62 Å². The average Bonchev–Trinajstić information content (AvgIpc) is 2.98. The number of sulfonamides is 1. The summed E-state index contributed by atoms with van der Waals surface area (Å²) in [4.78, 5) is 23.2. The number of nitrogens with one attached hydrogen (secondary N) is 1. The molecule has 0 spiro atoms. The van der Waals surface area contributed by atoms with E-state index in [0.29, 0.717) is 22.7 Å². The Hall–Kier alpha value is -1.90. The number of nitrogens with zero attached hydrogens (tertiary/aromatic N) is 1. The molecule has 1 amide bonds. The van der Waals surface area contributed by atoms with E-state index in [0.717, 1.165) is 15.6 Å². The molecule has 0 saturated heterocycles. The summed E-state index contributed by atoms with van der Waals surface area (Å²) in [5.41, 5.74) is 0.622. The van der Waals surface area contributed by atoms with Gasteiger partial charge in [0.15, 0.2) is 6.29 Å². The van der Waals surface area contributed by atoms with Crippen LogP contribution in [-0.2, 0) is 14.8 Å². The van der Waals surface area contributed by atoms with Crippen molar-refractivity contribution in [3.63, 3.8) is 0 Å². The van der Waals surface area contributed by atoms with Crippen molar-refractivity contribution in [3.05, 3.63) is 39.5 Å². The number of carbonyl (C=O) groups is 2. The first kappa shape index (κ1) is 16.0. The summed E-state index contributed by atoms with van der Waals surface area (Å²) in [5.74, 6) is -0.466. The Morgan fingerprint density at radius 1 is 1.35 bits per heavy atom. The van der Waals surface area contributed by atoms with Gasteiger partial charge in [0.1, 0.15) is 10.9 Å². The van der Waals surface area contributed by atoms with Gasteiger partial charge in [-0.1, -0.05) is 11.6 Å². The van der Waals surface area contributed by atoms with Crippen LogP contribution in [0.25, 0.3) is 0 Å². The van der Waals surface area contributed by atoms with E-state index in [1.165, 1.54) is 30.5 Å². The summed E-state index contributed by atoms with van der Waals surface area (Å²) in [6.45, 7) is 1.48. The number of hydrogen-bond acceptors (Lipinski definition) is 5. The summed E-state index contributed by atoms with van der Waals surface area (Å²) >= 11 is 6.94. The smallest absolute Gasteiger partial charge is 0.266 e. The molecule has 1 aromatic carbocycles. The largest absolute Gasteiger partial charge is 0.322 e.